The van der Waals surface area contributed by atoms with Gasteiger partial charge in [-0.05, 0) is 54.4 Å². The number of benzene rings is 2. The van der Waals surface area contributed by atoms with Crippen LogP contribution in [0.25, 0.3) is 27.8 Å². The lowest BCUT2D eigenvalue weighted by molar-refractivity contribution is 0.0695. The van der Waals surface area contributed by atoms with E-state index in [4.69, 9.17) is 4.74 Å². The van der Waals surface area contributed by atoms with E-state index in [2.05, 4.69) is 4.98 Å². The van der Waals surface area contributed by atoms with Gasteiger partial charge in [-0.25, -0.2) is 9.78 Å². The van der Waals surface area contributed by atoms with Gasteiger partial charge >= 0.3 is 5.97 Å². The maximum Gasteiger partial charge on any atom is 0.341 e. The molecule has 0 saturated carbocycles. The van der Waals surface area contributed by atoms with Crippen LogP contribution < -0.4 is 10.2 Å². The molecule has 0 radical (unpaired) electrons. The number of carboxylic acid groups (broad SMARTS) is 1. The van der Waals surface area contributed by atoms with Crippen LogP contribution in [0.2, 0.25) is 0 Å². The van der Waals surface area contributed by atoms with Gasteiger partial charge in [0.15, 0.2) is 0 Å². The maximum atomic E-state index is 12.5. The number of aromatic carboxylic acids is 1. The van der Waals surface area contributed by atoms with Crippen LogP contribution in [-0.4, -0.2) is 27.2 Å². The predicted octanol–water partition coefficient (Wildman–Crippen LogP) is 4.15. The minimum Gasteiger partial charge on any atom is -0.494 e. The summed E-state index contributed by atoms with van der Waals surface area (Å²) >= 11 is 0. The van der Waals surface area contributed by atoms with Crippen molar-refractivity contribution in [1.29, 1.82) is 0 Å². The third kappa shape index (κ3) is 3.48. The van der Waals surface area contributed by atoms with Crippen molar-refractivity contribution < 1.29 is 14.6 Å². The fourth-order valence-corrected chi connectivity index (χ4v) is 3.28. The summed E-state index contributed by atoms with van der Waals surface area (Å²) in [7, 11) is 0. The van der Waals surface area contributed by atoms with Crippen LogP contribution in [0, 0.1) is 0 Å². The molecule has 0 aliphatic heterocycles. The molecule has 6 nitrogen and oxygen atoms in total. The first-order valence-electron chi connectivity index (χ1n) is 9.16. The van der Waals surface area contributed by atoms with Gasteiger partial charge in [-0.2, -0.15) is 0 Å². The van der Waals surface area contributed by atoms with Gasteiger partial charge in [0.2, 0.25) is 5.43 Å². The lowest BCUT2D eigenvalue weighted by atomic mass is 10.0. The Morgan fingerprint density at radius 2 is 1.83 bits per heavy atom. The van der Waals surface area contributed by atoms with Crippen molar-refractivity contribution in [2.24, 2.45) is 0 Å². The number of hydrogen-bond acceptors (Lipinski definition) is 4. The van der Waals surface area contributed by atoms with Gasteiger partial charge in [0.25, 0.3) is 0 Å². The first-order chi connectivity index (χ1) is 14.1. The van der Waals surface area contributed by atoms with Crippen LogP contribution in [0.1, 0.15) is 17.3 Å². The monoisotopic (exact) mass is 386 g/mol. The molecule has 1 N–H and O–H groups in total. The molecule has 144 valence electrons. The lowest BCUT2D eigenvalue weighted by Crippen LogP contribution is -2.18. The Morgan fingerprint density at radius 3 is 2.59 bits per heavy atom. The average molecular weight is 386 g/mol. The highest BCUT2D eigenvalue weighted by Crippen LogP contribution is 2.26. The maximum absolute atomic E-state index is 12.5. The van der Waals surface area contributed by atoms with Crippen LogP contribution in [0.4, 0.5) is 0 Å². The molecule has 0 bridgehead atoms. The number of pyridine rings is 2. The second kappa shape index (κ2) is 7.59. The van der Waals surface area contributed by atoms with E-state index in [1.54, 1.807) is 22.9 Å². The molecule has 2 aromatic heterocycles. The zero-order valence-electron chi connectivity index (χ0n) is 15.7. The van der Waals surface area contributed by atoms with E-state index in [9.17, 15) is 14.7 Å². The van der Waals surface area contributed by atoms with Crippen molar-refractivity contribution in [3.8, 4) is 22.6 Å². The molecule has 0 fully saturated rings. The largest absolute Gasteiger partial charge is 0.494 e. The summed E-state index contributed by atoms with van der Waals surface area (Å²) in [4.78, 5) is 28.4. The quantitative estimate of drug-likeness (QED) is 0.557. The standard InChI is InChI=1S/C23H18N2O4/c1-2-29-18-9-4-7-16(13-18)15-6-3-8-17(12-15)25-14-20(23(27)28)21(26)19-10-5-11-24-22(19)25/h3-14H,2H2,1H3,(H,27,28). The zero-order chi connectivity index (χ0) is 20.4. The second-order valence-electron chi connectivity index (χ2n) is 6.43. The summed E-state index contributed by atoms with van der Waals surface area (Å²) in [5, 5.41) is 9.72. The number of nitrogens with zero attached hydrogens (tertiary/aromatic N) is 2. The average Bonchev–Trinajstić information content (AvgIpc) is 2.74. The smallest absolute Gasteiger partial charge is 0.341 e. The third-order valence-electron chi connectivity index (χ3n) is 4.60. The van der Waals surface area contributed by atoms with E-state index in [-0.39, 0.29) is 10.9 Å². The lowest BCUT2D eigenvalue weighted by Gasteiger charge is -2.13. The van der Waals surface area contributed by atoms with Gasteiger partial charge in [-0.1, -0.05) is 24.3 Å². The Balaban J connectivity index is 1.91. The predicted molar refractivity (Wildman–Crippen MR) is 111 cm³/mol. The van der Waals surface area contributed by atoms with E-state index < -0.39 is 11.4 Å². The Labute approximate surface area is 166 Å². The number of hydrogen-bond donors (Lipinski definition) is 1. The molecule has 2 heterocycles. The summed E-state index contributed by atoms with van der Waals surface area (Å²) in [6.07, 6.45) is 2.91. The summed E-state index contributed by atoms with van der Waals surface area (Å²) in [5.74, 6) is -0.492. The fourth-order valence-electron chi connectivity index (χ4n) is 3.28. The minimum atomic E-state index is -1.27. The van der Waals surface area contributed by atoms with Gasteiger partial charge in [-0.15, -0.1) is 0 Å². The highest BCUT2D eigenvalue weighted by atomic mass is 16.5. The van der Waals surface area contributed by atoms with Gasteiger partial charge < -0.3 is 14.4 Å². The van der Waals surface area contributed by atoms with E-state index in [1.165, 1.54) is 6.20 Å². The van der Waals surface area contributed by atoms with Crippen molar-refractivity contribution in [1.82, 2.24) is 9.55 Å². The van der Waals surface area contributed by atoms with Gasteiger partial charge in [-0.3, -0.25) is 4.79 Å². The molecule has 29 heavy (non-hydrogen) atoms. The molecular weight excluding hydrogens is 368 g/mol. The molecule has 4 rings (SSSR count). The number of rotatable bonds is 5. The molecule has 6 heteroatoms. The second-order valence-corrected chi connectivity index (χ2v) is 6.43. The number of fused-ring (bicyclic) bond motifs is 1. The fraction of sp³-hybridized carbons (Fsp3) is 0.0870. The SMILES string of the molecule is CCOc1cccc(-c2cccc(-n3cc(C(=O)O)c(=O)c4cccnc43)c2)c1. The Hall–Kier alpha value is -3.93. The topological polar surface area (TPSA) is 81.4 Å². The first kappa shape index (κ1) is 18.4. The highest BCUT2D eigenvalue weighted by molar-refractivity contribution is 5.92. The van der Waals surface area contributed by atoms with E-state index in [0.29, 0.717) is 17.9 Å². The number of aromatic nitrogens is 2. The molecule has 0 atom stereocenters. The van der Waals surface area contributed by atoms with E-state index in [1.807, 2.05) is 55.5 Å². The molecule has 0 aliphatic rings. The molecule has 0 saturated heterocycles. The van der Waals surface area contributed by atoms with Crippen molar-refractivity contribution in [2.45, 2.75) is 6.92 Å². The summed E-state index contributed by atoms with van der Waals surface area (Å²) in [6, 6.07) is 18.6. The van der Waals surface area contributed by atoms with Gasteiger partial charge in [0.05, 0.1) is 12.0 Å². The first-order valence-corrected chi connectivity index (χ1v) is 9.16. The molecule has 0 aliphatic carbocycles. The van der Waals surface area contributed by atoms with Crippen molar-refractivity contribution in [3.05, 3.63) is 88.8 Å². The van der Waals surface area contributed by atoms with Crippen LogP contribution in [0.3, 0.4) is 0 Å². The molecule has 0 spiro atoms. The molecule has 0 unspecified atom stereocenters. The Kier molecular flexibility index (Phi) is 4.83. The normalized spacial score (nSPS) is 10.8. The van der Waals surface area contributed by atoms with Crippen LogP contribution in [0.15, 0.2) is 77.9 Å². The number of carbonyl (C=O) groups is 1. The van der Waals surface area contributed by atoms with Crippen molar-refractivity contribution in [2.75, 3.05) is 6.61 Å². The Morgan fingerprint density at radius 1 is 1.07 bits per heavy atom. The summed E-state index contributed by atoms with van der Waals surface area (Å²) < 4.78 is 7.22. The van der Waals surface area contributed by atoms with E-state index >= 15 is 0 Å². The number of carboxylic acids is 1. The Bertz CT molecular complexity index is 1280. The van der Waals surface area contributed by atoms with Crippen LogP contribution >= 0.6 is 0 Å². The van der Waals surface area contributed by atoms with E-state index in [0.717, 1.165) is 16.9 Å². The summed E-state index contributed by atoms with van der Waals surface area (Å²) in [5.41, 5.74) is 2.17. The zero-order valence-corrected chi connectivity index (χ0v) is 15.7. The van der Waals surface area contributed by atoms with Crippen molar-refractivity contribution >= 4 is 17.0 Å². The van der Waals surface area contributed by atoms with Crippen LogP contribution in [-0.2, 0) is 0 Å². The molecule has 4 aromatic rings. The molecular formula is C23H18N2O4. The number of ether oxygens (including phenoxy) is 1. The summed E-state index contributed by atoms with van der Waals surface area (Å²) in [6.45, 7) is 2.51. The van der Waals surface area contributed by atoms with Gasteiger partial charge in [0.1, 0.15) is 17.0 Å². The highest BCUT2D eigenvalue weighted by Gasteiger charge is 2.16. The van der Waals surface area contributed by atoms with Crippen LogP contribution in [0.5, 0.6) is 5.75 Å². The van der Waals surface area contributed by atoms with Crippen molar-refractivity contribution in [3.63, 3.8) is 0 Å². The minimum absolute atomic E-state index is 0.260. The molecule has 0 amide bonds. The van der Waals surface area contributed by atoms with Gasteiger partial charge in [0, 0.05) is 18.1 Å². The third-order valence-corrected chi connectivity index (χ3v) is 4.60. The molecule has 2 aromatic carbocycles.